The minimum Gasteiger partial charge on any atom is -0.497 e. The van der Waals surface area contributed by atoms with Crippen molar-refractivity contribution in [2.75, 3.05) is 19.4 Å². The summed E-state index contributed by atoms with van der Waals surface area (Å²) in [7, 11) is 1.04. The zero-order chi connectivity index (χ0) is 18.8. The number of hydrogen-bond acceptors (Lipinski definition) is 5. The number of hydrogen-bond donors (Lipinski definition) is 2. The molecule has 25 heavy (non-hydrogen) atoms. The highest BCUT2D eigenvalue weighted by Gasteiger charge is 2.52. The molecule has 0 aliphatic carbocycles. The first-order valence-corrected chi connectivity index (χ1v) is 8.30. The van der Waals surface area contributed by atoms with Crippen LogP contribution in [0.25, 0.3) is 6.08 Å². The van der Waals surface area contributed by atoms with Crippen LogP contribution in [0.15, 0.2) is 23.7 Å². The number of nitrogen functional groups attached to an aromatic ring is 1. The van der Waals surface area contributed by atoms with Crippen LogP contribution < -0.4 is 15.8 Å². The monoisotopic (exact) mass is 346 g/mol. The highest BCUT2D eigenvalue weighted by atomic mass is 16.7. The quantitative estimate of drug-likeness (QED) is 0.632. The van der Waals surface area contributed by atoms with E-state index in [1.54, 1.807) is 13.2 Å². The van der Waals surface area contributed by atoms with Crippen molar-refractivity contribution < 1.29 is 18.8 Å². The van der Waals surface area contributed by atoms with Gasteiger partial charge in [-0.25, -0.2) is 0 Å². The molecule has 0 spiro atoms. The van der Waals surface area contributed by atoms with E-state index in [9.17, 15) is 4.79 Å². The van der Waals surface area contributed by atoms with Crippen molar-refractivity contribution in [3.8, 4) is 5.75 Å². The molecule has 0 saturated carbocycles. The number of amides is 1. The van der Waals surface area contributed by atoms with Gasteiger partial charge in [-0.1, -0.05) is 6.08 Å². The van der Waals surface area contributed by atoms with Crippen LogP contribution in [0.5, 0.6) is 5.75 Å². The number of carbonyl (C=O) groups is 1. The van der Waals surface area contributed by atoms with Crippen molar-refractivity contribution in [1.82, 2.24) is 5.32 Å². The Morgan fingerprint density at radius 3 is 2.36 bits per heavy atom. The summed E-state index contributed by atoms with van der Waals surface area (Å²) >= 11 is 0. The van der Waals surface area contributed by atoms with Crippen molar-refractivity contribution in [2.24, 2.45) is 0 Å². The van der Waals surface area contributed by atoms with E-state index in [2.05, 4.69) is 5.32 Å². The highest BCUT2D eigenvalue weighted by molar-refractivity contribution is 6.56. The van der Waals surface area contributed by atoms with E-state index in [0.717, 1.165) is 11.0 Å². The average Bonchev–Trinajstić information content (AvgIpc) is 2.72. The molecule has 0 unspecified atom stereocenters. The van der Waals surface area contributed by atoms with Crippen LogP contribution in [0.2, 0.25) is 0 Å². The lowest BCUT2D eigenvalue weighted by Crippen LogP contribution is -2.41. The topological polar surface area (TPSA) is 82.8 Å². The van der Waals surface area contributed by atoms with Gasteiger partial charge in [0.15, 0.2) is 0 Å². The SMILES string of the molecule is COc1ccc(C=C(CNC(C)=O)B2OC(C)(C)C(C)(C)O2)c(N)c1. The van der Waals surface area contributed by atoms with Gasteiger partial charge in [0.05, 0.1) is 18.3 Å². The standard InChI is InChI=1S/C18H27BN2O4/c1-12(22)21-11-14(19-24-17(2,3)18(4,5)25-19)9-13-7-8-15(23-6)10-16(13)20/h7-10H,11,20H2,1-6H3,(H,21,22). The average molecular weight is 346 g/mol. The van der Waals surface area contributed by atoms with Gasteiger partial charge in [0.2, 0.25) is 5.91 Å². The Hall–Kier alpha value is -1.99. The molecule has 3 N–H and O–H groups in total. The number of carbonyl (C=O) groups excluding carboxylic acids is 1. The molecule has 1 aliphatic heterocycles. The summed E-state index contributed by atoms with van der Waals surface area (Å²) in [6.45, 7) is 9.76. The molecular formula is C18H27BN2O4. The number of anilines is 1. The fourth-order valence-corrected chi connectivity index (χ4v) is 2.43. The second-order valence-corrected chi connectivity index (χ2v) is 7.21. The largest absolute Gasteiger partial charge is 0.497 e. The first kappa shape index (κ1) is 19.3. The molecule has 1 amide bonds. The number of nitrogens with two attached hydrogens (primary N) is 1. The van der Waals surface area contributed by atoms with Gasteiger partial charge in [-0.3, -0.25) is 4.79 Å². The number of methoxy groups -OCH3 is 1. The van der Waals surface area contributed by atoms with E-state index in [-0.39, 0.29) is 5.91 Å². The molecule has 1 aromatic carbocycles. The van der Waals surface area contributed by atoms with Crippen molar-refractivity contribution in [2.45, 2.75) is 45.8 Å². The van der Waals surface area contributed by atoms with Crippen LogP contribution in [-0.2, 0) is 14.1 Å². The van der Waals surface area contributed by atoms with Gasteiger partial charge in [-0.2, -0.15) is 0 Å². The van der Waals surface area contributed by atoms with Gasteiger partial charge in [0, 0.05) is 25.2 Å². The maximum atomic E-state index is 11.4. The van der Waals surface area contributed by atoms with Gasteiger partial charge in [0.25, 0.3) is 0 Å². The molecule has 0 bridgehead atoms. The Kier molecular flexibility index (Phi) is 5.49. The minimum atomic E-state index is -0.557. The molecule has 6 nitrogen and oxygen atoms in total. The Morgan fingerprint density at radius 2 is 1.88 bits per heavy atom. The van der Waals surface area contributed by atoms with Crippen LogP contribution in [0.3, 0.4) is 0 Å². The number of nitrogens with one attached hydrogen (secondary N) is 1. The molecule has 7 heteroatoms. The Morgan fingerprint density at radius 1 is 1.28 bits per heavy atom. The number of benzene rings is 1. The van der Waals surface area contributed by atoms with E-state index in [1.165, 1.54) is 6.92 Å². The fourth-order valence-electron chi connectivity index (χ4n) is 2.43. The highest BCUT2D eigenvalue weighted by Crippen LogP contribution is 2.39. The summed E-state index contributed by atoms with van der Waals surface area (Å²) in [6, 6.07) is 5.46. The van der Waals surface area contributed by atoms with Crippen LogP contribution in [0, 0.1) is 0 Å². The molecule has 0 atom stereocenters. The van der Waals surface area contributed by atoms with Gasteiger partial charge in [-0.05, 0) is 50.9 Å². The molecule has 136 valence electrons. The molecule has 2 rings (SSSR count). The second kappa shape index (κ2) is 7.10. The zero-order valence-electron chi connectivity index (χ0n) is 15.8. The molecule has 0 aromatic heterocycles. The van der Waals surface area contributed by atoms with Gasteiger partial charge < -0.3 is 25.1 Å². The molecule has 1 heterocycles. The lowest BCUT2D eigenvalue weighted by atomic mass is 9.76. The van der Waals surface area contributed by atoms with Gasteiger partial charge in [-0.15, -0.1) is 0 Å². The summed E-state index contributed by atoms with van der Waals surface area (Å²) in [5.74, 6) is 0.568. The third-order valence-electron chi connectivity index (χ3n) is 4.73. The lowest BCUT2D eigenvalue weighted by Gasteiger charge is -2.32. The third-order valence-corrected chi connectivity index (χ3v) is 4.73. The van der Waals surface area contributed by atoms with Crippen LogP contribution in [0.4, 0.5) is 5.69 Å². The van der Waals surface area contributed by atoms with Crippen LogP contribution >= 0.6 is 0 Å². The summed E-state index contributed by atoms with van der Waals surface area (Å²) in [5.41, 5.74) is 7.39. The van der Waals surface area contributed by atoms with Gasteiger partial charge in [0.1, 0.15) is 5.75 Å². The zero-order valence-corrected chi connectivity index (χ0v) is 15.8. The molecule has 1 aromatic rings. The molecule has 1 fully saturated rings. The second-order valence-electron chi connectivity index (χ2n) is 7.21. The van der Waals surface area contributed by atoms with Crippen molar-refractivity contribution >= 4 is 24.8 Å². The smallest absolute Gasteiger partial charge is 0.492 e. The summed E-state index contributed by atoms with van der Waals surface area (Å²) in [4.78, 5) is 11.4. The maximum absolute atomic E-state index is 11.4. The van der Waals surface area contributed by atoms with Crippen molar-refractivity contribution in [3.63, 3.8) is 0 Å². The van der Waals surface area contributed by atoms with Crippen molar-refractivity contribution in [3.05, 3.63) is 29.2 Å². The fraction of sp³-hybridized carbons (Fsp3) is 0.500. The van der Waals surface area contributed by atoms with E-state index in [4.69, 9.17) is 19.8 Å². The van der Waals surface area contributed by atoms with Crippen molar-refractivity contribution in [1.29, 1.82) is 0 Å². The van der Waals surface area contributed by atoms with Crippen LogP contribution in [-0.4, -0.2) is 37.9 Å². The first-order chi connectivity index (χ1) is 11.6. The predicted octanol–water partition coefficient (Wildman–Crippen LogP) is 2.43. The number of ether oxygens (including phenoxy) is 1. The Balaban J connectivity index is 2.35. The normalized spacial score (nSPS) is 19.0. The van der Waals surface area contributed by atoms with E-state index in [0.29, 0.717) is 18.0 Å². The maximum Gasteiger partial charge on any atom is 0.492 e. The Labute approximate surface area is 149 Å². The molecule has 1 saturated heterocycles. The third kappa shape index (κ3) is 4.35. The van der Waals surface area contributed by atoms with E-state index in [1.807, 2.05) is 45.9 Å². The minimum absolute atomic E-state index is 0.120. The van der Waals surface area contributed by atoms with Gasteiger partial charge >= 0.3 is 7.12 Å². The Bertz CT molecular complexity index is 670. The number of rotatable bonds is 5. The lowest BCUT2D eigenvalue weighted by molar-refractivity contribution is -0.118. The van der Waals surface area contributed by atoms with E-state index >= 15 is 0 Å². The predicted molar refractivity (Wildman–Crippen MR) is 100 cm³/mol. The van der Waals surface area contributed by atoms with E-state index < -0.39 is 18.3 Å². The van der Waals surface area contributed by atoms with Crippen LogP contribution in [0.1, 0.15) is 40.2 Å². The summed E-state index contributed by atoms with van der Waals surface area (Å²) in [5, 5.41) is 2.81. The molecule has 0 radical (unpaired) electrons. The summed E-state index contributed by atoms with van der Waals surface area (Å²) in [6.07, 6.45) is 1.90. The molecule has 1 aliphatic rings. The molecular weight excluding hydrogens is 319 g/mol. The summed E-state index contributed by atoms with van der Waals surface area (Å²) < 4.78 is 17.4. The first-order valence-electron chi connectivity index (χ1n) is 8.30.